The lowest BCUT2D eigenvalue weighted by atomic mass is 9.60. The summed E-state index contributed by atoms with van der Waals surface area (Å²) in [6.07, 6.45) is 26.2. The Morgan fingerprint density at radius 3 is 1.89 bits per heavy atom. The fourth-order valence-electron chi connectivity index (χ4n) is 7.70. The molecule has 0 N–H and O–H groups in total. The Kier molecular flexibility index (Phi) is 4.95. The summed E-state index contributed by atoms with van der Waals surface area (Å²) in [7, 11) is 0. The van der Waals surface area contributed by atoms with Crippen molar-refractivity contribution in [2.24, 2.45) is 28.6 Å². The van der Waals surface area contributed by atoms with Crippen LogP contribution in [-0.2, 0) is 6.42 Å². The van der Waals surface area contributed by atoms with Gasteiger partial charge in [-0.05, 0) is 85.5 Å². The molecule has 0 saturated heterocycles. The average Bonchev–Trinajstić information content (AvgIpc) is 3.03. The summed E-state index contributed by atoms with van der Waals surface area (Å²) in [5.74, 6) is 3.09. The molecule has 0 nitrogen and oxygen atoms in total. The Labute approximate surface area is 166 Å². The van der Waals surface area contributed by atoms with Gasteiger partial charge in [-0.3, -0.25) is 0 Å². The molecule has 0 spiro atoms. The van der Waals surface area contributed by atoms with Gasteiger partial charge in [0.1, 0.15) is 0 Å². The van der Waals surface area contributed by atoms with Gasteiger partial charge in [0.25, 0.3) is 0 Å². The predicted octanol–water partition coefficient (Wildman–Crippen LogP) is 7.73. The highest BCUT2D eigenvalue weighted by Crippen LogP contribution is 2.80. The topological polar surface area (TPSA) is 0 Å². The van der Waals surface area contributed by atoms with Crippen molar-refractivity contribution in [2.45, 2.75) is 89.9 Å². The molecule has 0 unspecified atom stereocenters. The molecule has 0 bridgehead atoms. The van der Waals surface area contributed by atoms with Crippen molar-refractivity contribution in [1.29, 1.82) is 0 Å². The van der Waals surface area contributed by atoms with Gasteiger partial charge in [0.05, 0.1) is 0 Å². The maximum Gasteiger partial charge on any atom is -0.00221 e. The van der Waals surface area contributed by atoms with E-state index in [4.69, 9.17) is 0 Å². The molecule has 0 heteroatoms. The summed E-state index contributed by atoms with van der Waals surface area (Å²) in [5, 5.41) is 0. The van der Waals surface area contributed by atoms with Gasteiger partial charge >= 0.3 is 0 Å². The first-order valence-electron chi connectivity index (χ1n) is 12.1. The Morgan fingerprint density at radius 2 is 1.30 bits per heavy atom. The summed E-state index contributed by atoms with van der Waals surface area (Å²) >= 11 is 0. The molecule has 4 aliphatic carbocycles. The maximum absolute atomic E-state index is 2.79. The van der Waals surface area contributed by atoms with Crippen molar-refractivity contribution in [2.75, 3.05) is 0 Å². The Bertz CT molecular complexity index is 642. The summed E-state index contributed by atoms with van der Waals surface area (Å²) < 4.78 is 0. The molecule has 5 rings (SSSR count). The zero-order chi connectivity index (χ0) is 18.2. The smallest absolute Gasteiger partial charge is 0.00221 e. The highest BCUT2D eigenvalue weighted by Gasteiger charge is 2.73. The number of benzene rings is 1. The van der Waals surface area contributed by atoms with E-state index in [2.05, 4.69) is 42.5 Å². The number of hydrogen-bond donors (Lipinski definition) is 0. The van der Waals surface area contributed by atoms with E-state index >= 15 is 0 Å². The van der Waals surface area contributed by atoms with Crippen LogP contribution >= 0.6 is 0 Å². The number of hydrogen-bond acceptors (Lipinski definition) is 0. The zero-order valence-electron chi connectivity index (χ0n) is 17.2. The van der Waals surface area contributed by atoms with Crippen LogP contribution in [-0.4, -0.2) is 0 Å². The lowest BCUT2D eigenvalue weighted by molar-refractivity contribution is 0.0711. The third-order valence-corrected chi connectivity index (χ3v) is 9.19. The lowest BCUT2D eigenvalue weighted by Gasteiger charge is -2.44. The molecule has 2 atom stereocenters. The fourth-order valence-corrected chi connectivity index (χ4v) is 7.70. The SMILES string of the molecule is C(=C/[C@]1(C2CCC2)C[C@@]1(C1CCCCC1)C1CCCC1)/Cc1ccccc1. The Hall–Kier alpha value is -1.04. The number of allylic oxidation sites excluding steroid dienone is 2. The van der Waals surface area contributed by atoms with E-state index in [1.807, 2.05) is 0 Å². The van der Waals surface area contributed by atoms with Crippen LogP contribution in [0.5, 0.6) is 0 Å². The predicted molar refractivity (Wildman–Crippen MR) is 115 cm³/mol. The van der Waals surface area contributed by atoms with E-state index < -0.39 is 0 Å². The molecule has 4 fully saturated rings. The van der Waals surface area contributed by atoms with Gasteiger partial charge in [-0.2, -0.15) is 0 Å². The van der Waals surface area contributed by atoms with Gasteiger partial charge < -0.3 is 0 Å². The highest BCUT2D eigenvalue weighted by molar-refractivity contribution is 5.31. The van der Waals surface area contributed by atoms with Crippen molar-refractivity contribution in [3.63, 3.8) is 0 Å². The van der Waals surface area contributed by atoms with Gasteiger partial charge in [-0.25, -0.2) is 0 Å². The molecule has 0 aliphatic heterocycles. The molecule has 27 heavy (non-hydrogen) atoms. The van der Waals surface area contributed by atoms with E-state index in [1.54, 1.807) is 6.42 Å². The first kappa shape index (κ1) is 18.0. The molecule has 0 aromatic heterocycles. The molecule has 0 heterocycles. The fraction of sp³-hybridized carbons (Fsp3) is 0.704. The second-order valence-corrected chi connectivity index (χ2v) is 10.3. The van der Waals surface area contributed by atoms with Crippen molar-refractivity contribution in [1.82, 2.24) is 0 Å². The molecule has 4 aliphatic rings. The van der Waals surface area contributed by atoms with Crippen LogP contribution < -0.4 is 0 Å². The first-order chi connectivity index (χ1) is 13.4. The van der Waals surface area contributed by atoms with E-state index in [1.165, 1.54) is 82.6 Å². The van der Waals surface area contributed by atoms with E-state index in [9.17, 15) is 0 Å². The molecular formula is C27H38. The van der Waals surface area contributed by atoms with Gasteiger partial charge in [0.15, 0.2) is 0 Å². The van der Waals surface area contributed by atoms with Crippen LogP contribution in [0.2, 0.25) is 0 Å². The standard InChI is InChI=1S/C27H38/c1-3-11-22(12-4-1)13-10-20-26(23-18-9-19-23)21-27(26,25-16-7-8-17-25)24-14-5-2-6-15-24/h1,3-4,10-12,20,23-25H,2,5-9,13-19,21H2/b20-10-/t26-,27-/m1/s1. The van der Waals surface area contributed by atoms with Crippen molar-refractivity contribution >= 4 is 0 Å². The minimum Gasteiger partial charge on any atom is -0.0835 e. The summed E-state index contributed by atoms with van der Waals surface area (Å²) in [5.41, 5.74) is 2.75. The van der Waals surface area contributed by atoms with E-state index in [0.29, 0.717) is 10.8 Å². The third kappa shape index (κ3) is 3.02. The maximum atomic E-state index is 2.79. The van der Waals surface area contributed by atoms with Crippen LogP contribution in [0, 0.1) is 28.6 Å². The molecule has 146 valence electrons. The molecular weight excluding hydrogens is 324 g/mol. The normalized spacial score (nSPS) is 35.6. The van der Waals surface area contributed by atoms with E-state index in [0.717, 1.165) is 24.2 Å². The van der Waals surface area contributed by atoms with Crippen LogP contribution in [0.4, 0.5) is 0 Å². The van der Waals surface area contributed by atoms with Crippen LogP contribution in [0.1, 0.15) is 89.0 Å². The van der Waals surface area contributed by atoms with E-state index in [-0.39, 0.29) is 0 Å². The van der Waals surface area contributed by atoms with Crippen LogP contribution in [0.25, 0.3) is 0 Å². The monoisotopic (exact) mass is 362 g/mol. The van der Waals surface area contributed by atoms with Gasteiger partial charge in [0, 0.05) is 0 Å². The minimum atomic E-state index is 0.580. The molecule has 1 aromatic rings. The van der Waals surface area contributed by atoms with Crippen LogP contribution in [0.3, 0.4) is 0 Å². The minimum absolute atomic E-state index is 0.580. The average molecular weight is 363 g/mol. The molecule has 4 saturated carbocycles. The van der Waals surface area contributed by atoms with Gasteiger partial charge in [-0.1, -0.05) is 81.0 Å². The van der Waals surface area contributed by atoms with Crippen molar-refractivity contribution < 1.29 is 0 Å². The Morgan fingerprint density at radius 1 is 0.704 bits per heavy atom. The highest BCUT2D eigenvalue weighted by atomic mass is 14.8. The molecule has 1 aromatic carbocycles. The molecule has 0 radical (unpaired) electrons. The summed E-state index contributed by atoms with van der Waals surface area (Å²) in [6.45, 7) is 0. The summed E-state index contributed by atoms with van der Waals surface area (Å²) in [4.78, 5) is 0. The largest absolute Gasteiger partial charge is 0.0835 e. The second-order valence-electron chi connectivity index (χ2n) is 10.3. The Balaban J connectivity index is 1.43. The second kappa shape index (κ2) is 7.41. The lowest BCUT2D eigenvalue weighted by Crippen LogP contribution is -2.36. The number of rotatable bonds is 6. The quantitative estimate of drug-likeness (QED) is 0.454. The van der Waals surface area contributed by atoms with Crippen molar-refractivity contribution in [3.8, 4) is 0 Å². The third-order valence-electron chi connectivity index (χ3n) is 9.19. The van der Waals surface area contributed by atoms with Crippen molar-refractivity contribution in [3.05, 3.63) is 48.0 Å². The van der Waals surface area contributed by atoms with Crippen LogP contribution in [0.15, 0.2) is 42.5 Å². The molecule has 0 amide bonds. The zero-order valence-corrected chi connectivity index (χ0v) is 17.2. The first-order valence-corrected chi connectivity index (χ1v) is 12.1. The van der Waals surface area contributed by atoms with Gasteiger partial charge in [-0.15, -0.1) is 0 Å². The summed E-state index contributed by atoms with van der Waals surface area (Å²) in [6, 6.07) is 11.1. The van der Waals surface area contributed by atoms with Gasteiger partial charge in [0.2, 0.25) is 0 Å².